The van der Waals surface area contributed by atoms with Gasteiger partial charge in [0.1, 0.15) is 42.0 Å². The third-order valence-corrected chi connectivity index (χ3v) is 2.52. The standard InChI is InChI=1S/C14H2N6/c1-8-10(4-17)12(6-19)14(9(2-15)3-16)13(7-20)11(8)5-18/h1H2. The molecule has 0 unspecified atom stereocenters. The Labute approximate surface area is 113 Å². The maximum absolute atomic E-state index is 9.12. The molecule has 0 saturated heterocycles. The van der Waals surface area contributed by atoms with Crippen LogP contribution in [0.5, 0.6) is 0 Å². The van der Waals surface area contributed by atoms with Crippen molar-refractivity contribution < 1.29 is 0 Å². The first-order valence-electron chi connectivity index (χ1n) is 4.95. The normalized spacial score (nSPS) is 7.90. The molecule has 6 nitrogen and oxygen atoms in total. The second-order valence-corrected chi connectivity index (χ2v) is 3.40. The van der Waals surface area contributed by atoms with Crippen LogP contribution in [0.15, 0.2) is 0 Å². The Balaban J connectivity index is 4.54. The van der Waals surface area contributed by atoms with Crippen LogP contribution in [0.2, 0.25) is 0 Å². The number of nitrogens with zero attached hydrogens (tertiary/aromatic N) is 6. The van der Waals surface area contributed by atoms with Gasteiger partial charge in [0.15, 0.2) is 0 Å². The molecule has 0 aliphatic carbocycles. The zero-order valence-corrected chi connectivity index (χ0v) is 9.89. The molecule has 0 radical (unpaired) electrons. The lowest BCUT2D eigenvalue weighted by Crippen LogP contribution is -2.27. The average Bonchev–Trinajstić information content (AvgIpc) is 2.48. The van der Waals surface area contributed by atoms with Crippen molar-refractivity contribution in [1.82, 2.24) is 0 Å². The Bertz CT molecular complexity index is 897. The van der Waals surface area contributed by atoms with Crippen LogP contribution in [0.3, 0.4) is 0 Å². The van der Waals surface area contributed by atoms with Crippen LogP contribution in [-0.2, 0) is 0 Å². The first kappa shape index (κ1) is 14.0. The van der Waals surface area contributed by atoms with Crippen LogP contribution in [-0.4, -0.2) is 0 Å². The van der Waals surface area contributed by atoms with E-state index in [1.54, 1.807) is 36.4 Å². The molecule has 0 atom stereocenters. The van der Waals surface area contributed by atoms with Crippen LogP contribution >= 0.6 is 0 Å². The van der Waals surface area contributed by atoms with Crippen LogP contribution in [0.4, 0.5) is 0 Å². The molecular weight excluding hydrogens is 252 g/mol. The third kappa shape index (κ3) is 1.79. The van der Waals surface area contributed by atoms with Crippen molar-refractivity contribution in [2.24, 2.45) is 0 Å². The molecule has 1 rings (SSSR count). The highest BCUT2D eigenvalue weighted by Gasteiger charge is 2.18. The SMILES string of the molecule is C=c1c(C#N)c(C#N)c(=C(C#N)C#N)c(C#N)c1C#N. The third-order valence-electron chi connectivity index (χ3n) is 2.52. The number of rotatable bonds is 0. The maximum atomic E-state index is 9.12. The Morgan fingerprint density at radius 3 is 1.25 bits per heavy atom. The largest absolute Gasteiger partial charge is 0.192 e. The lowest BCUT2D eigenvalue weighted by Gasteiger charge is -2.03. The molecule has 0 aliphatic heterocycles. The van der Waals surface area contributed by atoms with Gasteiger partial charge in [-0.05, 0) is 0 Å². The molecule has 0 saturated carbocycles. The Kier molecular flexibility index (Phi) is 3.83. The van der Waals surface area contributed by atoms with Crippen molar-refractivity contribution in [3.63, 3.8) is 0 Å². The molecule has 20 heavy (non-hydrogen) atoms. The van der Waals surface area contributed by atoms with Gasteiger partial charge < -0.3 is 0 Å². The number of hydrogen-bond acceptors (Lipinski definition) is 6. The highest BCUT2D eigenvalue weighted by atomic mass is 14.3. The molecule has 0 aromatic heterocycles. The summed E-state index contributed by atoms with van der Waals surface area (Å²) < 4.78 is 0. The minimum Gasteiger partial charge on any atom is -0.192 e. The molecule has 88 valence electrons. The van der Waals surface area contributed by atoms with Crippen molar-refractivity contribution in [1.29, 1.82) is 31.6 Å². The van der Waals surface area contributed by atoms with Gasteiger partial charge in [0, 0.05) is 10.4 Å². The predicted molar refractivity (Wildman–Crippen MR) is 64.7 cm³/mol. The second-order valence-electron chi connectivity index (χ2n) is 3.40. The topological polar surface area (TPSA) is 143 Å². The minimum absolute atomic E-state index is 0.0675. The molecular formula is C14H2N6. The monoisotopic (exact) mass is 254 g/mol. The highest BCUT2D eigenvalue weighted by molar-refractivity contribution is 5.78. The lowest BCUT2D eigenvalue weighted by molar-refractivity contribution is 1.31. The molecule has 0 bridgehead atoms. The van der Waals surface area contributed by atoms with E-state index >= 15 is 0 Å². The van der Waals surface area contributed by atoms with E-state index in [0.717, 1.165) is 0 Å². The van der Waals surface area contributed by atoms with Gasteiger partial charge in [-0.2, -0.15) is 31.6 Å². The second kappa shape index (κ2) is 5.49. The van der Waals surface area contributed by atoms with Crippen LogP contribution in [0.1, 0.15) is 22.3 Å². The van der Waals surface area contributed by atoms with E-state index in [1.165, 1.54) is 0 Å². The van der Waals surface area contributed by atoms with E-state index in [9.17, 15) is 0 Å². The molecule has 0 fully saturated rings. The van der Waals surface area contributed by atoms with Gasteiger partial charge >= 0.3 is 0 Å². The highest BCUT2D eigenvalue weighted by Crippen LogP contribution is 2.06. The average molecular weight is 254 g/mol. The Hall–Kier alpha value is -4.10. The van der Waals surface area contributed by atoms with Gasteiger partial charge in [0.05, 0.1) is 22.3 Å². The van der Waals surface area contributed by atoms with E-state index in [2.05, 4.69) is 6.58 Å². The smallest absolute Gasteiger partial charge is 0.139 e. The van der Waals surface area contributed by atoms with Crippen molar-refractivity contribution in [2.45, 2.75) is 0 Å². The molecule has 6 heteroatoms. The first-order chi connectivity index (χ1) is 9.60. The summed E-state index contributed by atoms with van der Waals surface area (Å²) in [6.07, 6.45) is 0. The van der Waals surface area contributed by atoms with Crippen molar-refractivity contribution in [3.05, 3.63) is 32.7 Å². The number of nitriles is 6. The van der Waals surface area contributed by atoms with E-state index in [0.29, 0.717) is 0 Å². The zero-order chi connectivity index (χ0) is 15.3. The summed E-state index contributed by atoms with van der Waals surface area (Å²) in [5.41, 5.74) is -1.55. The molecule has 0 N–H and O–H groups in total. The summed E-state index contributed by atoms with van der Waals surface area (Å²) in [6, 6.07) is 9.89. The minimum atomic E-state index is -0.508. The zero-order valence-electron chi connectivity index (χ0n) is 9.89. The summed E-state index contributed by atoms with van der Waals surface area (Å²) in [4.78, 5) is 0. The fraction of sp³-hybridized carbons (Fsp3) is 0. The molecule has 0 heterocycles. The maximum Gasteiger partial charge on any atom is 0.139 e. The summed E-state index contributed by atoms with van der Waals surface area (Å²) >= 11 is 0. The number of benzene rings is 1. The van der Waals surface area contributed by atoms with Gasteiger partial charge in [-0.1, -0.05) is 6.58 Å². The molecule has 0 spiro atoms. The summed E-state index contributed by atoms with van der Waals surface area (Å²) in [7, 11) is 0. The first-order valence-corrected chi connectivity index (χ1v) is 4.95. The fourth-order valence-electron chi connectivity index (χ4n) is 1.66. The molecule has 1 aromatic rings. The quantitative estimate of drug-likeness (QED) is 0.626. The van der Waals surface area contributed by atoms with Gasteiger partial charge in [0.2, 0.25) is 0 Å². The van der Waals surface area contributed by atoms with E-state index in [-0.39, 0.29) is 32.7 Å². The van der Waals surface area contributed by atoms with Crippen LogP contribution in [0, 0.1) is 68.0 Å². The summed E-state index contributed by atoms with van der Waals surface area (Å²) in [5, 5.41) is 53.8. The van der Waals surface area contributed by atoms with Crippen LogP contribution < -0.4 is 10.4 Å². The summed E-state index contributed by atoms with van der Waals surface area (Å²) in [5.74, 6) is 0. The van der Waals surface area contributed by atoms with E-state index < -0.39 is 5.57 Å². The van der Waals surface area contributed by atoms with E-state index in [4.69, 9.17) is 31.6 Å². The lowest BCUT2D eigenvalue weighted by atomic mass is 9.93. The fourth-order valence-corrected chi connectivity index (χ4v) is 1.66. The van der Waals surface area contributed by atoms with Crippen molar-refractivity contribution >= 4 is 12.2 Å². The summed E-state index contributed by atoms with van der Waals surface area (Å²) in [6.45, 7) is 3.51. The molecule has 0 amide bonds. The number of hydrogen-bond donors (Lipinski definition) is 0. The molecule has 0 aliphatic rings. The predicted octanol–water partition coefficient (Wildman–Crippen LogP) is -0.219. The van der Waals surface area contributed by atoms with Crippen LogP contribution in [0.25, 0.3) is 12.2 Å². The van der Waals surface area contributed by atoms with Gasteiger partial charge in [0.25, 0.3) is 0 Å². The Morgan fingerprint density at radius 1 is 0.650 bits per heavy atom. The van der Waals surface area contributed by atoms with E-state index in [1.807, 2.05) is 0 Å². The Morgan fingerprint density at radius 2 is 1.00 bits per heavy atom. The van der Waals surface area contributed by atoms with Gasteiger partial charge in [-0.15, -0.1) is 0 Å². The van der Waals surface area contributed by atoms with Gasteiger partial charge in [-0.25, -0.2) is 0 Å². The van der Waals surface area contributed by atoms with Crippen molar-refractivity contribution in [3.8, 4) is 36.4 Å². The van der Waals surface area contributed by atoms with Crippen molar-refractivity contribution in [2.75, 3.05) is 0 Å². The van der Waals surface area contributed by atoms with Gasteiger partial charge in [-0.3, -0.25) is 0 Å². The molecule has 1 aromatic carbocycles.